The minimum atomic E-state index is 0.234. The highest BCUT2D eigenvalue weighted by Crippen LogP contribution is 2.39. The molecule has 1 aromatic heterocycles. The van der Waals surface area contributed by atoms with Crippen LogP contribution in [-0.4, -0.2) is 49.7 Å². The third kappa shape index (κ3) is 3.38. The SMILES string of the molecule is CCNc1nc(N(C)CC2(N(C)C)CCC2)c(Cl)cc1Cl. The number of rotatable bonds is 6. The van der Waals surface area contributed by atoms with Gasteiger partial charge in [0.25, 0.3) is 0 Å². The number of hydrogen-bond acceptors (Lipinski definition) is 4. The minimum absolute atomic E-state index is 0.234. The van der Waals surface area contributed by atoms with Crippen LogP contribution in [0.3, 0.4) is 0 Å². The summed E-state index contributed by atoms with van der Waals surface area (Å²) in [4.78, 5) is 9.05. The van der Waals surface area contributed by atoms with Crippen molar-refractivity contribution in [3.05, 3.63) is 16.1 Å². The summed E-state index contributed by atoms with van der Waals surface area (Å²) < 4.78 is 0. The normalized spacial score (nSPS) is 16.7. The average Bonchev–Trinajstić information content (AvgIpc) is 2.36. The van der Waals surface area contributed by atoms with E-state index in [4.69, 9.17) is 23.2 Å². The number of nitrogens with zero attached hydrogens (tertiary/aromatic N) is 3. The van der Waals surface area contributed by atoms with Crippen molar-refractivity contribution in [1.82, 2.24) is 9.88 Å². The number of pyridine rings is 1. The van der Waals surface area contributed by atoms with Gasteiger partial charge in [0.2, 0.25) is 0 Å². The molecule has 1 aliphatic rings. The molecule has 0 aliphatic heterocycles. The summed E-state index contributed by atoms with van der Waals surface area (Å²) >= 11 is 12.5. The Morgan fingerprint density at radius 3 is 2.38 bits per heavy atom. The molecular formula is C15H24Cl2N4. The molecule has 1 aliphatic carbocycles. The second-order valence-electron chi connectivity index (χ2n) is 5.98. The lowest BCUT2D eigenvalue weighted by Crippen LogP contribution is -2.56. The highest BCUT2D eigenvalue weighted by Gasteiger charge is 2.40. The molecule has 0 amide bonds. The fourth-order valence-electron chi connectivity index (χ4n) is 2.86. The average molecular weight is 331 g/mol. The minimum Gasteiger partial charge on any atom is -0.369 e. The van der Waals surface area contributed by atoms with Gasteiger partial charge in [0.15, 0.2) is 0 Å². The first kappa shape index (κ1) is 16.7. The van der Waals surface area contributed by atoms with Gasteiger partial charge in [-0.15, -0.1) is 0 Å². The lowest BCUT2D eigenvalue weighted by atomic mass is 9.75. The number of anilines is 2. The van der Waals surface area contributed by atoms with Crippen LogP contribution in [0.4, 0.5) is 11.6 Å². The van der Waals surface area contributed by atoms with Crippen LogP contribution in [0.5, 0.6) is 0 Å². The Kier molecular flexibility index (Phi) is 5.23. The third-order valence-electron chi connectivity index (χ3n) is 4.38. The Morgan fingerprint density at radius 2 is 1.90 bits per heavy atom. The van der Waals surface area contributed by atoms with Crippen LogP contribution in [0.2, 0.25) is 10.0 Å². The van der Waals surface area contributed by atoms with Crippen LogP contribution >= 0.6 is 23.2 Å². The van der Waals surface area contributed by atoms with Crippen LogP contribution in [0.25, 0.3) is 0 Å². The van der Waals surface area contributed by atoms with Gasteiger partial charge in [-0.05, 0) is 46.3 Å². The van der Waals surface area contributed by atoms with Crippen molar-refractivity contribution < 1.29 is 0 Å². The van der Waals surface area contributed by atoms with E-state index in [1.54, 1.807) is 6.07 Å². The molecule has 118 valence electrons. The maximum absolute atomic E-state index is 6.34. The third-order valence-corrected chi connectivity index (χ3v) is 4.95. The molecule has 0 radical (unpaired) electrons. The number of halogens is 2. The smallest absolute Gasteiger partial charge is 0.149 e. The van der Waals surface area contributed by atoms with Gasteiger partial charge in [-0.1, -0.05) is 23.2 Å². The Bertz CT molecular complexity index is 501. The standard InChI is InChI=1S/C15H24Cl2N4/c1-5-18-13-11(16)9-12(17)14(19-13)21(4)10-15(20(2)3)7-6-8-15/h9H,5-8,10H2,1-4H3,(H,18,19). The maximum atomic E-state index is 6.34. The predicted octanol–water partition coefficient (Wildman–Crippen LogP) is 3.74. The zero-order valence-electron chi connectivity index (χ0n) is 13.2. The highest BCUT2D eigenvalue weighted by atomic mass is 35.5. The zero-order valence-corrected chi connectivity index (χ0v) is 14.7. The Hall–Kier alpha value is -0.710. The molecule has 6 heteroatoms. The number of likely N-dealkylation sites (N-methyl/N-ethyl adjacent to an activating group) is 2. The fraction of sp³-hybridized carbons (Fsp3) is 0.667. The Morgan fingerprint density at radius 1 is 1.24 bits per heavy atom. The van der Waals surface area contributed by atoms with Gasteiger partial charge in [0, 0.05) is 25.7 Å². The van der Waals surface area contributed by atoms with Gasteiger partial charge in [0.05, 0.1) is 10.0 Å². The molecular weight excluding hydrogens is 307 g/mol. The van der Waals surface area contributed by atoms with Crippen molar-refractivity contribution in [3.63, 3.8) is 0 Å². The molecule has 0 spiro atoms. The number of hydrogen-bond donors (Lipinski definition) is 1. The van der Waals surface area contributed by atoms with Crippen LogP contribution < -0.4 is 10.2 Å². The molecule has 1 heterocycles. The quantitative estimate of drug-likeness (QED) is 0.860. The molecule has 2 rings (SSSR count). The molecule has 1 aromatic rings. The van der Waals surface area contributed by atoms with Gasteiger partial charge in [-0.2, -0.15) is 0 Å². The van der Waals surface area contributed by atoms with Crippen LogP contribution in [0.15, 0.2) is 6.07 Å². The fourth-order valence-corrected chi connectivity index (χ4v) is 3.43. The van der Waals surface area contributed by atoms with Crippen LogP contribution in [-0.2, 0) is 0 Å². The lowest BCUT2D eigenvalue weighted by Gasteiger charge is -2.49. The number of nitrogens with one attached hydrogen (secondary N) is 1. The van der Waals surface area contributed by atoms with E-state index in [0.717, 1.165) is 18.9 Å². The second kappa shape index (κ2) is 6.59. The van der Waals surface area contributed by atoms with Crippen molar-refractivity contribution >= 4 is 34.8 Å². The Labute approximate surface area is 137 Å². The number of aromatic nitrogens is 1. The first-order valence-electron chi connectivity index (χ1n) is 7.38. The van der Waals surface area contributed by atoms with Crippen molar-refractivity contribution in [1.29, 1.82) is 0 Å². The van der Waals surface area contributed by atoms with Crippen LogP contribution in [0.1, 0.15) is 26.2 Å². The second-order valence-corrected chi connectivity index (χ2v) is 6.80. The van der Waals surface area contributed by atoms with Crippen molar-refractivity contribution in [2.24, 2.45) is 0 Å². The molecule has 1 N–H and O–H groups in total. The molecule has 4 nitrogen and oxygen atoms in total. The van der Waals surface area contributed by atoms with E-state index < -0.39 is 0 Å². The summed E-state index contributed by atoms with van der Waals surface area (Å²) in [5.74, 6) is 1.48. The van der Waals surface area contributed by atoms with E-state index in [0.29, 0.717) is 15.9 Å². The van der Waals surface area contributed by atoms with Crippen molar-refractivity contribution in [2.45, 2.75) is 31.7 Å². The summed E-state index contributed by atoms with van der Waals surface area (Å²) in [5.41, 5.74) is 0.234. The zero-order chi connectivity index (χ0) is 15.6. The molecule has 0 saturated heterocycles. The maximum Gasteiger partial charge on any atom is 0.149 e. The Balaban J connectivity index is 2.22. The largest absolute Gasteiger partial charge is 0.369 e. The summed E-state index contributed by atoms with van der Waals surface area (Å²) in [6.45, 7) is 3.71. The molecule has 0 aromatic carbocycles. The van der Waals surface area contributed by atoms with Gasteiger partial charge >= 0.3 is 0 Å². The monoisotopic (exact) mass is 330 g/mol. The van der Waals surface area contributed by atoms with Crippen molar-refractivity contribution in [3.8, 4) is 0 Å². The molecule has 0 atom stereocenters. The first-order chi connectivity index (χ1) is 9.89. The van der Waals surface area contributed by atoms with E-state index in [1.165, 1.54) is 19.3 Å². The van der Waals surface area contributed by atoms with Gasteiger partial charge < -0.3 is 15.1 Å². The topological polar surface area (TPSA) is 31.4 Å². The first-order valence-corrected chi connectivity index (χ1v) is 8.13. The van der Waals surface area contributed by atoms with E-state index in [-0.39, 0.29) is 5.54 Å². The molecule has 1 fully saturated rings. The van der Waals surface area contributed by atoms with E-state index >= 15 is 0 Å². The summed E-state index contributed by atoms with van der Waals surface area (Å²) in [7, 11) is 6.34. The molecule has 0 bridgehead atoms. The summed E-state index contributed by atoms with van der Waals surface area (Å²) in [5, 5.41) is 4.33. The van der Waals surface area contributed by atoms with E-state index in [9.17, 15) is 0 Å². The predicted molar refractivity (Wildman–Crippen MR) is 92.0 cm³/mol. The highest BCUT2D eigenvalue weighted by molar-refractivity contribution is 6.37. The molecule has 0 unspecified atom stereocenters. The van der Waals surface area contributed by atoms with Crippen LogP contribution in [0, 0.1) is 0 Å². The lowest BCUT2D eigenvalue weighted by molar-refractivity contribution is 0.0682. The summed E-state index contributed by atoms with van der Waals surface area (Å²) in [6, 6.07) is 1.77. The van der Waals surface area contributed by atoms with E-state index in [2.05, 4.69) is 34.2 Å². The van der Waals surface area contributed by atoms with Gasteiger partial charge in [0.1, 0.15) is 11.6 Å². The van der Waals surface area contributed by atoms with Gasteiger partial charge in [-0.3, -0.25) is 0 Å². The molecule has 21 heavy (non-hydrogen) atoms. The molecule has 1 saturated carbocycles. The summed E-state index contributed by atoms with van der Waals surface area (Å²) in [6.07, 6.45) is 3.72. The van der Waals surface area contributed by atoms with Crippen molar-refractivity contribution in [2.75, 3.05) is 44.4 Å². The van der Waals surface area contributed by atoms with E-state index in [1.807, 2.05) is 14.0 Å². The van der Waals surface area contributed by atoms with Gasteiger partial charge in [-0.25, -0.2) is 4.98 Å².